The Labute approximate surface area is 147 Å². The van der Waals surface area contributed by atoms with Crippen LogP contribution in [0.4, 0.5) is 13.2 Å². The Morgan fingerprint density at radius 1 is 1.38 bits per heavy atom. The van der Waals surface area contributed by atoms with Crippen LogP contribution < -0.4 is 0 Å². The highest BCUT2D eigenvalue weighted by Crippen LogP contribution is 2.38. The summed E-state index contributed by atoms with van der Waals surface area (Å²) in [5.74, 6) is -1.42. The van der Waals surface area contributed by atoms with Crippen molar-refractivity contribution in [2.75, 3.05) is 19.8 Å². The highest BCUT2D eigenvalue weighted by molar-refractivity contribution is 5.89. The lowest BCUT2D eigenvalue weighted by Gasteiger charge is -2.22. The van der Waals surface area contributed by atoms with E-state index in [-0.39, 0.29) is 17.4 Å². The van der Waals surface area contributed by atoms with Gasteiger partial charge in [0, 0.05) is 11.8 Å². The summed E-state index contributed by atoms with van der Waals surface area (Å²) in [7, 11) is 0. The van der Waals surface area contributed by atoms with Gasteiger partial charge in [0.25, 0.3) is 0 Å². The van der Waals surface area contributed by atoms with Gasteiger partial charge in [-0.15, -0.1) is 0 Å². The first-order valence-corrected chi connectivity index (χ1v) is 7.94. The van der Waals surface area contributed by atoms with Crippen LogP contribution in [0.3, 0.4) is 0 Å². The van der Waals surface area contributed by atoms with Crippen molar-refractivity contribution in [1.29, 1.82) is 0 Å². The number of aromatic carboxylic acids is 1. The molecule has 0 spiro atoms. The number of carboxylic acids is 1. The lowest BCUT2D eigenvalue weighted by Crippen LogP contribution is -2.32. The molecule has 1 N–H and O–H groups in total. The van der Waals surface area contributed by atoms with Gasteiger partial charge >= 0.3 is 12.1 Å². The molecule has 1 aromatic carbocycles. The van der Waals surface area contributed by atoms with Crippen LogP contribution >= 0.6 is 0 Å². The Morgan fingerprint density at radius 2 is 2.15 bits per heavy atom. The van der Waals surface area contributed by atoms with E-state index in [1.54, 1.807) is 13.1 Å². The molecule has 1 aliphatic rings. The van der Waals surface area contributed by atoms with Crippen molar-refractivity contribution in [3.8, 4) is 11.3 Å². The molecule has 2 aromatic rings. The van der Waals surface area contributed by atoms with Crippen molar-refractivity contribution < 1.29 is 32.5 Å². The first-order valence-electron chi connectivity index (χ1n) is 7.94. The van der Waals surface area contributed by atoms with Gasteiger partial charge in [0.2, 0.25) is 0 Å². The van der Waals surface area contributed by atoms with Crippen molar-refractivity contribution in [2.45, 2.75) is 25.7 Å². The van der Waals surface area contributed by atoms with Gasteiger partial charge in [-0.05, 0) is 24.6 Å². The molecule has 0 saturated carbocycles. The van der Waals surface area contributed by atoms with Crippen LogP contribution in [-0.4, -0.2) is 46.8 Å². The van der Waals surface area contributed by atoms with Gasteiger partial charge in [-0.3, -0.25) is 4.68 Å². The van der Waals surface area contributed by atoms with Crippen LogP contribution in [0.1, 0.15) is 21.5 Å². The lowest BCUT2D eigenvalue weighted by molar-refractivity contribution is -0.137. The maximum absolute atomic E-state index is 13.4. The van der Waals surface area contributed by atoms with Crippen molar-refractivity contribution in [3.63, 3.8) is 0 Å². The standard InChI is InChI=1S/C17H17F3N2O4/c1-10-7-22(8-12-9-25-4-5-26-12)21-15(10)13-3-2-11(16(23)24)6-14(13)17(18,19)20/h2-3,6-7,12H,4-5,8-9H2,1H3,(H,23,24)/t12-/m0/s1. The second kappa shape index (κ2) is 7.08. The molecule has 1 atom stereocenters. The average molecular weight is 370 g/mol. The van der Waals surface area contributed by atoms with Crippen LogP contribution in [0, 0.1) is 6.92 Å². The van der Waals surface area contributed by atoms with Gasteiger partial charge in [-0.2, -0.15) is 18.3 Å². The first kappa shape index (κ1) is 18.4. The Balaban J connectivity index is 1.96. The topological polar surface area (TPSA) is 73.6 Å². The number of alkyl halides is 3. The minimum absolute atomic E-state index is 0.153. The minimum Gasteiger partial charge on any atom is -0.478 e. The van der Waals surface area contributed by atoms with Gasteiger partial charge in [-0.1, -0.05) is 6.07 Å². The van der Waals surface area contributed by atoms with E-state index in [1.807, 2.05) is 0 Å². The predicted octanol–water partition coefficient (Wildman–Crippen LogP) is 2.99. The zero-order valence-electron chi connectivity index (χ0n) is 13.9. The van der Waals surface area contributed by atoms with Crippen molar-refractivity contribution in [1.82, 2.24) is 9.78 Å². The molecule has 0 bridgehead atoms. The van der Waals surface area contributed by atoms with E-state index < -0.39 is 23.3 Å². The molecule has 1 saturated heterocycles. The molecule has 9 heteroatoms. The summed E-state index contributed by atoms with van der Waals surface area (Å²) in [6, 6.07) is 2.92. The first-order chi connectivity index (χ1) is 12.3. The second-order valence-electron chi connectivity index (χ2n) is 6.01. The van der Waals surface area contributed by atoms with Gasteiger partial charge < -0.3 is 14.6 Å². The number of nitrogens with zero attached hydrogens (tertiary/aromatic N) is 2. The fraction of sp³-hybridized carbons (Fsp3) is 0.412. The van der Waals surface area contributed by atoms with E-state index in [2.05, 4.69) is 5.10 Å². The third-order valence-electron chi connectivity index (χ3n) is 4.05. The quantitative estimate of drug-likeness (QED) is 0.896. The molecule has 26 heavy (non-hydrogen) atoms. The number of hydrogen-bond acceptors (Lipinski definition) is 4. The molecule has 0 unspecified atom stereocenters. The SMILES string of the molecule is Cc1cn(C[C@H]2COCCO2)nc1-c1ccc(C(=O)O)cc1C(F)(F)F. The summed E-state index contributed by atoms with van der Waals surface area (Å²) < 4.78 is 52.6. The van der Waals surface area contributed by atoms with Gasteiger partial charge in [0.15, 0.2) is 0 Å². The Bertz CT molecular complexity index is 811. The van der Waals surface area contributed by atoms with Crippen molar-refractivity contribution in [3.05, 3.63) is 41.1 Å². The average Bonchev–Trinajstić information content (AvgIpc) is 2.94. The van der Waals surface area contributed by atoms with Crippen molar-refractivity contribution >= 4 is 5.97 Å². The number of benzene rings is 1. The highest BCUT2D eigenvalue weighted by atomic mass is 19.4. The number of aryl methyl sites for hydroxylation is 1. The number of carbonyl (C=O) groups is 1. The van der Waals surface area contributed by atoms with E-state index >= 15 is 0 Å². The number of aromatic nitrogens is 2. The van der Waals surface area contributed by atoms with Crippen molar-refractivity contribution in [2.24, 2.45) is 0 Å². The zero-order valence-corrected chi connectivity index (χ0v) is 13.9. The van der Waals surface area contributed by atoms with E-state index in [0.717, 1.165) is 12.1 Å². The summed E-state index contributed by atoms with van der Waals surface area (Å²) in [5, 5.41) is 13.2. The maximum atomic E-state index is 13.4. The lowest BCUT2D eigenvalue weighted by atomic mass is 9.99. The van der Waals surface area contributed by atoms with E-state index in [4.69, 9.17) is 14.6 Å². The summed E-state index contributed by atoms with van der Waals surface area (Å²) in [4.78, 5) is 11.0. The molecule has 140 valence electrons. The second-order valence-corrected chi connectivity index (χ2v) is 6.01. The number of ether oxygens (including phenoxy) is 2. The fourth-order valence-corrected chi connectivity index (χ4v) is 2.85. The van der Waals surface area contributed by atoms with E-state index in [0.29, 0.717) is 38.0 Å². The number of halogens is 3. The summed E-state index contributed by atoms with van der Waals surface area (Å²) >= 11 is 0. The van der Waals surface area contributed by atoms with E-state index in [1.165, 1.54) is 4.68 Å². The monoisotopic (exact) mass is 370 g/mol. The summed E-state index contributed by atoms with van der Waals surface area (Å²) in [6.45, 7) is 3.39. The molecule has 2 heterocycles. The van der Waals surface area contributed by atoms with Crippen LogP contribution in [0.25, 0.3) is 11.3 Å². The molecule has 1 fully saturated rings. The minimum atomic E-state index is -4.70. The molecule has 3 rings (SSSR count). The fourth-order valence-electron chi connectivity index (χ4n) is 2.85. The molecule has 1 aromatic heterocycles. The molecule has 0 radical (unpaired) electrons. The molecular formula is C17H17F3N2O4. The Hall–Kier alpha value is -2.39. The summed E-state index contributed by atoms with van der Waals surface area (Å²) in [6.07, 6.45) is -3.28. The maximum Gasteiger partial charge on any atom is 0.417 e. The Kier molecular flexibility index (Phi) is 5.01. The molecular weight excluding hydrogens is 353 g/mol. The largest absolute Gasteiger partial charge is 0.478 e. The van der Waals surface area contributed by atoms with Gasteiger partial charge in [0.1, 0.15) is 6.10 Å². The number of rotatable bonds is 4. The third kappa shape index (κ3) is 3.88. The zero-order chi connectivity index (χ0) is 18.9. The normalized spacial score (nSPS) is 18.1. The van der Waals surface area contributed by atoms with Gasteiger partial charge in [-0.25, -0.2) is 4.79 Å². The van der Waals surface area contributed by atoms with Crippen LogP contribution in [-0.2, 0) is 22.2 Å². The van der Waals surface area contributed by atoms with E-state index in [9.17, 15) is 18.0 Å². The predicted molar refractivity (Wildman–Crippen MR) is 84.9 cm³/mol. The van der Waals surface area contributed by atoms with Crippen LogP contribution in [0.5, 0.6) is 0 Å². The highest BCUT2D eigenvalue weighted by Gasteiger charge is 2.35. The third-order valence-corrected chi connectivity index (χ3v) is 4.05. The number of hydrogen-bond donors (Lipinski definition) is 1. The Morgan fingerprint density at radius 3 is 2.77 bits per heavy atom. The van der Waals surface area contributed by atoms with Crippen LogP contribution in [0.2, 0.25) is 0 Å². The molecule has 0 amide bonds. The summed E-state index contributed by atoms with van der Waals surface area (Å²) in [5.41, 5.74) is -0.894. The smallest absolute Gasteiger partial charge is 0.417 e. The van der Waals surface area contributed by atoms with Gasteiger partial charge in [0.05, 0.1) is 43.2 Å². The molecule has 0 aliphatic carbocycles. The number of carboxylic acid groups (broad SMARTS) is 1. The molecule has 6 nitrogen and oxygen atoms in total. The molecule has 1 aliphatic heterocycles. The van der Waals surface area contributed by atoms with Crippen LogP contribution in [0.15, 0.2) is 24.4 Å².